The van der Waals surface area contributed by atoms with E-state index in [0.717, 1.165) is 31.2 Å². The molecule has 2 heterocycles. The standard InChI is InChI=1S/C18H24N2O2/c1-12(2)19-17(21)16-9-5-6-13-10-11-20(16)18(22)15-8-4-3-7-14(13)15/h3-4,7-8,12-13,16H,5-6,9-11H2,1-2H3,(H,19,21)/t13-,16+/m1/s1. The van der Waals surface area contributed by atoms with Crippen molar-refractivity contribution in [3.8, 4) is 0 Å². The maximum absolute atomic E-state index is 12.9. The van der Waals surface area contributed by atoms with Gasteiger partial charge in [-0.25, -0.2) is 0 Å². The van der Waals surface area contributed by atoms with Crippen molar-refractivity contribution in [2.24, 2.45) is 0 Å². The Morgan fingerprint density at radius 3 is 2.77 bits per heavy atom. The summed E-state index contributed by atoms with van der Waals surface area (Å²) >= 11 is 0. The second kappa shape index (κ2) is 6.11. The predicted molar refractivity (Wildman–Crippen MR) is 85.8 cm³/mol. The van der Waals surface area contributed by atoms with Gasteiger partial charge >= 0.3 is 0 Å². The Hall–Kier alpha value is -1.84. The number of hydrogen-bond acceptors (Lipinski definition) is 2. The molecule has 0 unspecified atom stereocenters. The summed E-state index contributed by atoms with van der Waals surface area (Å²) in [6, 6.07) is 7.68. The van der Waals surface area contributed by atoms with Gasteiger partial charge in [-0.3, -0.25) is 9.59 Å². The van der Waals surface area contributed by atoms with E-state index in [0.29, 0.717) is 12.5 Å². The zero-order valence-electron chi connectivity index (χ0n) is 13.3. The van der Waals surface area contributed by atoms with E-state index in [4.69, 9.17) is 0 Å². The van der Waals surface area contributed by atoms with Crippen molar-refractivity contribution in [2.75, 3.05) is 6.54 Å². The smallest absolute Gasteiger partial charge is 0.254 e. The molecule has 1 aromatic rings. The topological polar surface area (TPSA) is 49.4 Å². The van der Waals surface area contributed by atoms with Crippen LogP contribution in [0.2, 0.25) is 0 Å². The van der Waals surface area contributed by atoms with Gasteiger partial charge in [-0.05, 0) is 50.7 Å². The van der Waals surface area contributed by atoms with Gasteiger partial charge in [0.2, 0.25) is 5.91 Å². The molecule has 0 spiro atoms. The summed E-state index contributed by atoms with van der Waals surface area (Å²) in [7, 11) is 0. The molecular weight excluding hydrogens is 276 g/mol. The molecule has 0 aromatic heterocycles. The van der Waals surface area contributed by atoms with Crippen molar-refractivity contribution < 1.29 is 9.59 Å². The quantitative estimate of drug-likeness (QED) is 0.913. The maximum atomic E-state index is 12.9. The lowest BCUT2D eigenvalue weighted by Crippen LogP contribution is -2.51. The van der Waals surface area contributed by atoms with Gasteiger partial charge in [0, 0.05) is 18.2 Å². The number of amides is 2. The lowest BCUT2D eigenvalue weighted by molar-refractivity contribution is -0.126. The van der Waals surface area contributed by atoms with Crippen molar-refractivity contribution in [3.63, 3.8) is 0 Å². The van der Waals surface area contributed by atoms with Crippen LogP contribution in [0.3, 0.4) is 0 Å². The molecule has 0 radical (unpaired) electrons. The largest absolute Gasteiger partial charge is 0.352 e. The van der Waals surface area contributed by atoms with Gasteiger partial charge in [0.05, 0.1) is 0 Å². The Bertz CT molecular complexity index is 582. The fourth-order valence-electron chi connectivity index (χ4n) is 3.72. The normalized spacial score (nSPS) is 24.5. The van der Waals surface area contributed by atoms with Crippen LogP contribution < -0.4 is 5.32 Å². The highest BCUT2D eigenvalue weighted by atomic mass is 16.2. The Balaban J connectivity index is 1.96. The molecule has 1 fully saturated rings. The van der Waals surface area contributed by atoms with Crippen molar-refractivity contribution in [2.45, 2.75) is 57.5 Å². The first-order chi connectivity index (χ1) is 10.6. The summed E-state index contributed by atoms with van der Waals surface area (Å²) in [4.78, 5) is 27.3. The zero-order chi connectivity index (χ0) is 15.7. The van der Waals surface area contributed by atoms with Crippen LogP contribution in [-0.4, -0.2) is 35.3 Å². The minimum atomic E-state index is -0.331. The maximum Gasteiger partial charge on any atom is 0.254 e. The molecule has 4 nitrogen and oxygen atoms in total. The highest BCUT2D eigenvalue weighted by Crippen LogP contribution is 2.35. The Morgan fingerprint density at radius 1 is 1.23 bits per heavy atom. The second-order valence-corrected chi connectivity index (χ2v) is 6.68. The molecule has 2 amide bonds. The third kappa shape index (κ3) is 2.74. The lowest BCUT2D eigenvalue weighted by Gasteiger charge is -2.32. The van der Waals surface area contributed by atoms with E-state index < -0.39 is 0 Å². The number of carbonyl (C=O) groups excluding carboxylic acids is 2. The van der Waals surface area contributed by atoms with Crippen LogP contribution in [0.1, 0.15) is 61.4 Å². The summed E-state index contributed by atoms with van der Waals surface area (Å²) in [5.41, 5.74) is 1.95. The molecule has 1 saturated heterocycles. The Kier molecular flexibility index (Phi) is 4.19. The van der Waals surface area contributed by atoms with E-state index in [1.54, 1.807) is 4.90 Å². The minimum Gasteiger partial charge on any atom is -0.352 e. The first-order valence-electron chi connectivity index (χ1n) is 8.28. The Morgan fingerprint density at radius 2 is 2.00 bits per heavy atom. The number of hydrogen-bond donors (Lipinski definition) is 1. The van der Waals surface area contributed by atoms with Gasteiger partial charge in [0.1, 0.15) is 6.04 Å². The van der Waals surface area contributed by atoms with Crippen LogP contribution in [0.5, 0.6) is 0 Å². The first-order valence-corrected chi connectivity index (χ1v) is 8.28. The van der Waals surface area contributed by atoms with E-state index in [9.17, 15) is 9.59 Å². The Labute approximate surface area is 131 Å². The molecular formula is C18H24N2O2. The van der Waals surface area contributed by atoms with E-state index in [1.807, 2.05) is 32.0 Å². The van der Waals surface area contributed by atoms with Gasteiger partial charge in [-0.2, -0.15) is 0 Å². The van der Waals surface area contributed by atoms with Crippen molar-refractivity contribution >= 4 is 11.8 Å². The number of carbonyl (C=O) groups is 2. The summed E-state index contributed by atoms with van der Waals surface area (Å²) in [6.45, 7) is 4.58. The zero-order valence-corrected chi connectivity index (χ0v) is 13.3. The highest BCUT2D eigenvalue weighted by Gasteiger charge is 2.36. The first kappa shape index (κ1) is 15.1. The fourth-order valence-corrected chi connectivity index (χ4v) is 3.72. The molecule has 0 saturated carbocycles. The van der Waals surface area contributed by atoms with Crippen LogP contribution in [0.25, 0.3) is 0 Å². The predicted octanol–water partition coefficient (Wildman–Crippen LogP) is 2.69. The van der Waals surface area contributed by atoms with Crippen LogP contribution >= 0.6 is 0 Å². The molecule has 3 rings (SSSR count). The number of rotatable bonds is 2. The second-order valence-electron chi connectivity index (χ2n) is 6.68. The summed E-state index contributed by atoms with van der Waals surface area (Å²) in [5, 5.41) is 2.97. The van der Waals surface area contributed by atoms with Crippen molar-refractivity contribution in [3.05, 3.63) is 35.4 Å². The summed E-state index contributed by atoms with van der Waals surface area (Å²) in [5.74, 6) is 0.448. The van der Waals surface area contributed by atoms with Crippen LogP contribution in [0.15, 0.2) is 24.3 Å². The van der Waals surface area contributed by atoms with Gasteiger partial charge in [0.15, 0.2) is 0 Å². The van der Waals surface area contributed by atoms with E-state index >= 15 is 0 Å². The van der Waals surface area contributed by atoms with E-state index in [2.05, 4.69) is 11.4 Å². The third-order valence-electron chi connectivity index (χ3n) is 4.75. The molecule has 2 aliphatic rings. The molecule has 2 atom stereocenters. The molecule has 118 valence electrons. The van der Waals surface area contributed by atoms with Gasteiger partial charge in [0.25, 0.3) is 5.91 Å². The molecule has 0 aliphatic carbocycles. The van der Waals surface area contributed by atoms with E-state index in [-0.39, 0.29) is 23.9 Å². The number of benzene rings is 1. The highest BCUT2D eigenvalue weighted by molar-refractivity contribution is 5.99. The number of fused-ring (bicyclic) bond motifs is 5. The molecule has 2 aliphatic heterocycles. The summed E-state index contributed by atoms with van der Waals surface area (Å²) < 4.78 is 0. The lowest BCUT2D eigenvalue weighted by atomic mass is 9.87. The SMILES string of the molecule is CC(C)NC(=O)[C@@H]1CCC[C@@H]2CCN1C(=O)c1ccccc12. The van der Waals surface area contributed by atoms with Crippen LogP contribution in [-0.2, 0) is 4.79 Å². The number of nitrogens with one attached hydrogen (secondary N) is 1. The molecule has 1 N–H and O–H groups in total. The van der Waals surface area contributed by atoms with Crippen LogP contribution in [0, 0.1) is 0 Å². The number of nitrogens with zero attached hydrogens (tertiary/aromatic N) is 1. The summed E-state index contributed by atoms with van der Waals surface area (Å²) in [6.07, 6.45) is 3.76. The molecule has 4 heteroatoms. The molecule has 22 heavy (non-hydrogen) atoms. The van der Waals surface area contributed by atoms with Crippen molar-refractivity contribution in [1.82, 2.24) is 10.2 Å². The van der Waals surface area contributed by atoms with Gasteiger partial charge in [-0.1, -0.05) is 24.6 Å². The average molecular weight is 300 g/mol. The molecule has 2 bridgehead atoms. The fraction of sp³-hybridized carbons (Fsp3) is 0.556. The van der Waals surface area contributed by atoms with Gasteiger partial charge in [-0.15, -0.1) is 0 Å². The minimum absolute atomic E-state index is 0.0128. The van der Waals surface area contributed by atoms with E-state index in [1.165, 1.54) is 5.56 Å². The van der Waals surface area contributed by atoms with Gasteiger partial charge < -0.3 is 10.2 Å². The monoisotopic (exact) mass is 300 g/mol. The van der Waals surface area contributed by atoms with Crippen molar-refractivity contribution in [1.29, 1.82) is 0 Å². The average Bonchev–Trinajstić information content (AvgIpc) is 2.55. The molecule has 1 aromatic carbocycles. The van der Waals surface area contributed by atoms with Crippen LogP contribution in [0.4, 0.5) is 0 Å². The third-order valence-corrected chi connectivity index (χ3v) is 4.75.